The zero-order valence-electron chi connectivity index (χ0n) is 27.6. The molecule has 2 N–H and O–H groups in total. The first-order chi connectivity index (χ1) is 23.3. The molecule has 1 unspecified atom stereocenters. The van der Waals surface area contributed by atoms with Crippen LogP contribution in [0.5, 0.6) is 0 Å². The van der Waals surface area contributed by atoms with Crippen LogP contribution in [0.3, 0.4) is 0 Å². The largest absolute Gasteiger partial charge is 0.378 e. The molecular formula is C35H46F3N7O3. The van der Waals surface area contributed by atoms with Gasteiger partial charge in [-0.3, -0.25) is 14.3 Å². The van der Waals surface area contributed by atoms with Crippen LogP contribution in [0.25, 0.3) is 11.0 Å². The number of alkyl halides is 2. The fourth-order valence-corrected chi connectivity index (χ4v) is 7.16. The molecule has 0 radical (unpaired) electrons. The maximum Gasteiger partial charge on any atom is 0.278 e. The molecule has 10 nitrogen and oxygen atoms in total. The van der Waals surface area contributed by atoms with Gasteiger partial charge in [-0.05, 0) is 51.8 Å². The van der Waals surface area contributed by atoms with Crippen LogP contribution in [-0.4, -0.2) is 84.2 Å². The van der Waals surface area contributed by atoms with E-state index in [0.29, 0.717) is 67.7 Å². The van der Waals surface area contributed by atoms with E-state index in [-0.39, 0.29) is 24.0 Å². The number of hydrogen-bond acceptors (Lipinski definition) is 9. The number of ether oxygens (including phenoxy) is 1. The summed E-state index contributed by atoms with van der Waals surface area (Å²) in [6.45, 7) is 7.59. The van der Waals surface area contributed by atoms with E-state index < -0.39 is 29.3 Å². The minimum Gasteiger partial charge on any atom is -0.378 e. The summed E-state index contributed by atoms with van der Waals surface area (Å²) in [6.07, 6.45) is 6.68. The van der Waals surface area contributed by atoms with Crippen LogP contribution in [0.4, 0.5) is 24.7 Å². The Morgan fingerprint density at radius 3 is 2.54 bits per heavy atom. The van der Waals surface area contributed by atoms with E-state index in [1.54, 1.807) is 11.5 Å². The molecule has 1 atom stereocenters. The molecule has 1 aromatic carbocycles. The van der Waals surface area contributed by atoms with E-state index in [1.807, 2.05) is 6.07 Å². The van der Waals surface area contributed by atoms with E-state index >= 15 is 13.2 Å². The lowest BCUT2D eigenvalue weighted by Crippen LogP contribution is -2.57. The Balaban J connectivity index is 1.30. The highest BCUT2D eigenvalue weighted by molar-refractivity contribution is 5.89. The second kappa shape index (κ2) is 15.3. The summed E-state index contributed by atoms with van der Waals surface area (Å²) >= 11 is 0. The number of rotatable bonds is 14. The highest BCUT2D eigenvalue weighted by Gasteiger charge is 2.44. The van der Waals surface area contributed by atoms with Gasteiger partial charge in [0, 0.05) is 50.6 Å². The molecule has 0 saturated carbocycles. The Kier molecular flexibility index (Phi) is 11.0. The van der Waals surface area contributed by atoms with Crippen molar-refractivity contribution in [1.82, 2.24) is 24.8 Å². The summed E-state index contributed by atoms with van der Waals surface area (Å²) in [5.74, 6) is -4.74. The molecule has 0 aliphatic carbocycles. The van der Waals surface area contributed by atoms with Crippen molar-refractivity contribution in [2.24, 2.45) is 5.92 Å². The lowest BCUT2D eigenvalue weighted by molar-refractivity contribution is -0.107. The van der Waals surface area contributed by atoms with Gasteiger partial charge in [0.05, 0.1) is 36.2 Å². The quantitative estimate of drug-likeness (QED) is 0.184. The number of piperazine rings is 1. The number of pyridine rings is 1. The normalized spacial score (nSPS) is 19.0. The number of anilines is 2. The second-order valence-electron chi connectivity index (χ2n) is 13.3. The summed E-state index contributed by atoms with van der Waals surface area (Å²) in [4.78, 5) is 38.3. The molecular weight excluding hydrogens is 623 g/mol. The van der Waals surface area contributed by atoms with Crippen molar-refractivity contribution >= 4 is 28.8 Å². The Morgan fingerprint density at radius 1 is 1.08 bits per heavy atom. The molecule has 0 amide bonds. The van der Waals surface area contributed by atoms with Crippen molar-refractivity contribution in [2.45, 2.75) is 76.4 Å². The maximum atomic E-state index is 15.9. The topological polar surface area (TPSA) is 105 Å². The number of carbonyl (C=O) groups is 1. The summed E-state index contributed by atoms with van der Waals surface area (Å²) in [7, 11) is 0. The Labute approximate surface area is 279 Å². The number of nitrogens with one attached hydrogen (secondary N) is 2. The first-order valence-electron chi connectivity index (χ1n) is 17.3. The molecule has 0 spiro atoms. The van der Waals surface area contributed by atoms with Crippen LogP contribution in [0, 0.1) is 11.7 Å². The van der Waals surface area contributed by atoms with Crippen molar-refractivity contribution in [3.8, 4) is 0 Å². The molecule has 3 saturated heterocycles. The summed E-state index contributed by atoms with van der Waals surface area (Å²) in [5, 5.41) is 6.97. The van der Waals surface area contributed by atoms with Gasteiger partial charge in [0.2, 0.25) is 0 Å². The Hall–Kier alpha value is -3.55. The van der Waals surface area contributed by atoms with Gasteiger partial charge in [0.15, 0.2) is 0 Å². The molecule has 13 heteroatoms. The van der Waals surface area contributed by atoms with Crippen molar-refractivity contribution in [3.63, 3.8) is 0 Å². The van der Waals surface area contributed by atoms with Crippen LogP contribution >= 0.6 is 0 Å². The van der Waals surface area contributed by atoms with Crippen molar-refractivity contribution in [2.75, 3.05) is 62.7 Å². The Morgan fingerprint density at radius 2 is 1.83 bits per heavy atom. The number of fused-ring (bicyclic) bond motifs is 1. The fourth-order valence-electron chi connectivity index (χ4n) is 7.16. The number of unbranched alkanes of at least 4 members (excludes halogenated alkanes) is 4. The van der Waals surface area contributed by atoms with Crippen LogP contribution in [0.1, 0.15) is 69.0 Å². The predicted molar refractivity (Wildman–Crippen MR) is 179 cm³/mol. The van der Waals surface area contributed by atoms with E-state index in [4.69, 9.17) is 4.74 Å². The number of aryl methyl sites for hydroxylation is 1. The summed E-state index contributed by atoms with van der Waals surface area (Å²) in [6, 6.07) is 5.73. The highest BCUT2D eigenvalue weighted by atomic mass is 19.3. The average molecular weight is 670 g/mol. The highest BCUT2D eigenvalue weighted by Crippen LogP contribution is 2.43. The first-order valence-corrected chi connectivity index (χ1v) is 17.3. The van der Waals surface area contributed by atoms with E-state index in [2.05, 4.69) is 30.4 Å². The van der Waals surface area contributed by atoms with E-state index in [0.717, 1.165) is 58.3 Å². The number of aromatic nitrogens is 3. The fraction of sp³-hybridized carbons (Fsp3) is 0.600. The molecule has 6 rings (SSSR count). The van der Waals surface area contributed by atoms with Crippen molar-refractivity contribution in [1.29, 1.82) is 0 Å². The number of nitrogens with zero attached hydrogens (tertiary/aromatic N) is 5. The number of piperidine rings is 1. The standard InChI is InChI=1S/C35H46F3N7O3/c1-24(27-8-7-9-29(31(27)36)35(37,38)25-10-12-39-13-11-25)42-32-28-20-30(44-17-15-43(16-18-44)26-21-48-22-26)34(47)45(33(28)41-23-40-32)14-5-3-2-4-6-19-46/h7-9,19-20,23-26,39H,2-6,10-18,21-22H2,1H3,(H,40,41,42). The monoisotopic (exact) mass is 669 g/mol. The van der Waals surface area contributed by atoms with Gasteiger partial charge in [-0.1, -0.05) is 31.0 Å². The third-order valence-electron chi connectivity index (χ3n) is 10.2. The van der Waals surface area contributed by atoms with E-state index in [9.17, 15) is 9.59 Å². The predicted octanol–water partition coefficient (Wildman–Crippen LogP) is 4.87. The smallest absolute Gasteiger partial charge is 0.278 e. The number of aldehydes is 1. The van der Waals surface area contributed by atoms with Gasteiger partial charge in [0.1, 0.15) is 35.6 Å². The van der Waals surface area contributed by atoms with Crippen LogP contribution in [-0.2, 0) is 22.0 Å². The number of halogens is 3. The van der Waals surface area contributed by atoms with Crippen LogP contribution in [0.2, 0.25) is 0 Å². The van der Waals surface area contributed by atoms with Crippen LogP contribution < -0.4 is 21.1 Å². The molecule has 3 fully saturated rings. The van der Waals surface area contributed by atoms with Crippen molar-refractivity contribution < 1.29 is 22.7 Å². The van der Waals surface area contributed by atoms with Gasteiger partial charge in [-0.25, -0.2) is 23.1 Å². The van der Waals surface area contributed by atoms with Gasteiger partial charge in [-0.15, -0.1) is 0 Å². The molecule has 5 heterocycles. The lowest BCUT2D eigenvalue weighted by Gasteiger charge is -2.43. The molecule has 3 aliphatic heterocycles. The summed E-state index contributed by atoms with van der Waals surface area (Å²) < 4.78 is 54.2. The number of carbonyl (C=O) groups excluding carboxylic acids is 1. The minimum absolute atomic E-state index is 0.118. The third-order valence-corrected chi connectivity index (χ3v) is 10.2. The minimum atomic E-state index is -3.29. The molecule has 48 heavy (non-hydrogen) atoms. The zero-order valence-corrected chi connectivity index (χ0v) is 27.6. The molecule has 3 aliphatic rings. The molecule has 260 valence electrons. The second-order valence-corrected chi connectivity index (χ2v) is 13.3. The maximum absolute atomic E-state index is 15.9. The van der Waals surface area contributed by atoms with Crippen molar-refractivity contribution in [3.05, 3.63) is 57.9 Å². The van der Waals surface area contributed by atoms with Gasteiger partial charge in [0.25, 0.3) is 11.5 Å². The summed E-state index contributed by atoms with van der Waals surface area (Å²) in [5.41, 5.74) is 0.414. The third kappa shape index (κ3) is 7.23. The molecule has 3 aromatic rings. The van der Waals surface area contributed by atoms with E-state index in [1.165, 1.54) is 24.5 Å². The molecule has 0 bridgehead atoms. The van der Waals surface area contributed by atoms with Gasteiger partial charge < -0.3 is 25.1 Å². The number of hydrogen-bond donors (Lipinski definition) is 2. The number of benzene rings is 1. The zero-order chi connectivity index (χ0) is 33.7. The van der Waals surface area contributed by atoms with Gasteiger partial charge in [-0.2, -0.15) is 0 Å². The average Bonchev–Trinajstić information content (AvgIpc) is 3.07. The SMILES string of the molecule is CC(Nc1ncnc2c1cc(N1CCN(C3COC3)CC1)c(=O)n2CCCCCCC=O)c1cccc(C(F)(F)C2CCNCC2)c1F. The van der Waals surface area contributed by atoms with Crippen LogP contribution in [0.15, 0.2) is 35.4 Å². The van der Waals surface area contributed by atoms with Gasteiger partial charge >= 0.3 is 0 Å². The lowest BCUT2D eigenvalue weighted by atomic mass is 9.86. The molecule has 2 aromatic heterocycles. The Bertz CT molecular complexity index is 1620. The first kappa shape index (κ1) is 34.3.